The van der Waals surface area contributed by atoms with E-state index < -0.39 is 0 Å². The molecule has 0 aromatic heterocycles. The van der Waals surface area contributed by atoms with Gasteiger partial charge < -0.3 is 15.4 Å². The molecule has 2 N–H and O–H groups in total. The lowest BCUT2D eigenvalue weighted by molar-refractivity contribution is -0.155. The normalized spacial score (nSPS) is 33.7. The number of nitrogens with two attached hydrogens (primary N) is 1. The maximum absolute atomic E-state index is 11.8. The Balaban J connectivity index is 2.11. The van der Waals surface area contributed by atoms with Gasteiger partial charge in [0.05, 0.1) is 18.8 Å². The molecule has 2 aliphatic heterocycles. The van der Waals surface area contributed by atoms with E-state index in [-0.39, 0.29) is 24.7 Å². The topological polar surface area (TPSA) is 58.8 Å². The van der Waals surface area contributed by atoms with Crippen molar-refractivity contribution in [3.05, 3.63) is 0 Å². The average molecular weight is 213 g/mol. The molecule has 2 aliphatic rings. The van der Waals surface area contributed by atoms with Crippen molar-refractivity contribution in [1.82, 2.24) is 9.80 Å². The number of likely N-dealkylation sites (tertiary alicyclic amines) is 1. The Morgan fingerprint density at radius 3 is 3.00 bits per heavy atom. The van der Waals surface area contributed by atoms with Gasteiger partial charge in [-0.1, -0.05) is 0 Å². The van der Waals surface area contributed by atoms with Crippen LogP contribution in [0, 0.1) is 0 Å². The molecule has 0 radical (unpaired) electrons. The van der Waals surface area contributed by atoms with Gasteiger partial charge >= 0.3 is 0 Å². The fourth-order valence-corrected chi connectivity index (χ4v) is 2.48. The Morgan fingerprint density at radius 1 is 1.60 bits per heavy atom. The van der Waals surface area contributed by atoms with E-state index in [2.05, 4.69) is 11.9 Å². The molecule has 0 bridgehead atoms. The van der Waals surface area contributed by atoms with Crippen molar-refractivity contribution in [2.45, 2.75) is 25.0 Å². The van der Waals surface area contributed by atoms with Crippen LogP contribution in [0.1, 0.15) is 12.8 Å². The summed E-state index contributed by atoms with van der Waals surface area (Å²) in [4.78, 5) is 16.0. The predicted octanol–water partition coefficient (Wildman–Crippen LogP) is -0.776. The molecule has 2 heterocycles. The van der Waals surface area contributed by atoms with Gasteiger partial charge in [-0.2, -0.15) is 0 Å². The second-order valence-corrected chi connectivity index (χ2v) is 4.31. The number of rotatable bonds is 2. The van der Waals surface area contributed by atoms with E-state index in [1.165, 1.54) is 0 Å². The summed E-state index contributed by atoms with van der Waals surface area (Å²) in [5.41, 5.74) is 5.68. The van der Waals surface area contributed by atoms with Crippen LogP contribution >= 0.6 is 0 Å². The van der Waals surface area contributed by atoms with Crippen LogP contribution in [0.25, 0.3) is 0 Å². The van der Waals surface area contributed by atoms with Gasteiger partial charge in [0.2, 0.25) is 5.91 Å². The Hall–Kier alpha value is -0.650. The molecule has 5 nitrogen and oxygen atoms in total. The lowest BCUT2D eigenvalue weighted by Crippen LogP contribution is -2.59. The smallest absolute Gasteiger partial charge is 0.250 e. The first kappa shape index (κ1) is 10.9. The van der Waals surface area contributed by atoms with Gasteiger partial charge in [-0.25, -0.2) is 0 Å². The molecule has 1 amide bonds. The Bertz CT molecular complexity index is 247. The van der Waals surface area contributed by atoms with Gasteiger partial charge in [-0.05, 0) is 26.4 Å². The molecule has 2 unspecified atom stereocenters. The zero-order valence-electron chi connectivity index (χ0n) is 9.19. The zero-order chi connectivity index (χ0) is 10.8. The van der Waals surface area contributed by atoms with Crippen molar-refractivity contribution in [3.63, 3.8) is 0 Å². The molecule has 15 heavy (non-hydrogen) atoms. The number of carbonyl (C=O) groups is 1. The highest BCUT2D eigenvalue weighted by Crippen LogP contribution is 2.22. The number of morpholine rings is 1. The van der Waals surface area contributed by atoms with E-state index in [4.69, 9.17) is 10.5 Å². The van der Waals surface area contributed by atoms with Crippen LogP contribution in [-0.2, 0) is 9.53 Å². The van der Waals surface area contributed by atoms with Crippen molar-refractivity contribution in [2.24, 2.45) is 5.73 Å². The standard InChI is InChI=1S/C10H19N3O2/c1-12-4-2-3-9(12)13-8(5-11)6-15-7-10(13)14/h8-9H,2-7,11H2,1H3. The van der Waals surface area contributed by atoms with Crippen LogP contribution in [0.4, 0.5) is 0 Å². The molecule has 5 heteroatoms. The summed E-state index contributed by atoms with van der Waals surface area (Å²) in [5, 5.41) is 0. The third-order valence-corrected chi connectivity index (χ3v) is 3.29. The fourth-order valence-electron chi connectivity index (χ4n) is 2.48. The SMILES string of the molecule is CN1CCCC1N1C(=O)COCC1CN. The Labute approximate surface area is 90.1 Å². The number of hydrogen-bond donors (Lipinski definition) is 1. The van der Waals surface area contributed by atoms with Crippen LogP contribution in [0.5, 0.6) is 0 Å². The Kier molecular flexibility index (Phi) is 3.23. The predicted molar refractivity (Wildman–Crippen MR) is 56.2 cm³/mol. The van der Waals surface area contributed by atoms with E-state index >= 15 is 0 Å². The van der Waals surface area contributed by atoms with Crippen LogP contribution in [-0.4, -0.2) is 61.3 Å². The molecule has 0 spiro atoms. The van der Waals surface area contributed by atoms with Crippen LogP contribution in [0.15, 0.2) is 0 Å². The van der Waals surface area contributed by atoms with Gasteiger partial charge in [0.15, 0.2) is 0 Å². The molecular weight excluding hydrogens is 194 g/mol. The lowest BCUT2D eigenvalue weighted by Gasteiger charge is -2.41. The summed E-state index contributed by atoms with van der Waals surface area (Å²) >= 11 is 0. The van der Waals surface area contributed by atoms with Gasteiger partial charge in [0.25, 0.3) is 0 Å². The van der Waals surface area contributed by atoms with Gasteiger partial charge in [0.1, 0.15) is 6.61 Å². The van der Waals surface area contributed by atoms with Crippen LogP contribution in [0.2, 0.25) is 0 Å². The third-order valence-electron chi connectivity index (χ3n) is 3.29. The first-order valence-corrected chi connectivity index (χ1v) is 5.53. The molecular formula is C10H19N3O2. The molecule has 2 saturated heterocycles. The quantitative estimate of drug-likeness (QED) is 0.654. The summed E-state index contributed by atoms with van der Waals surface area (Å²) in [6.07, 6.45) is 2.44. The molecule has 0 aliphatic carbocycles. The lowest BCUT2D eigenvalue weighted by atomic mass is 10.2. The van der Waals surface area contributed by atoms with Gasteiger partial charge in [-0.15, -0.1) is 0 Å². The number of ether oxygens (including phenoxy) is 1. The molecule has 2 fully saturated rings. The highest BCUT2D eigenvalue weighted by Gasteiger charge is 2.37. The summed E-state index contributed by atoms with van der Waals surface area (Å²) < 4.78 is 5.22. The highest BCUT2D eigenvalue weighted by molar-refractivity contribution is 5.78. The highest BCUT2D eigenvalue weighted by atomic mass is 16.5. The molecule has 0 aromatic rings. The van der Waals surface area contributed by atoms with E-state index in [1.807, 2.05) is 4.90 Å². The van der Waals surface area contributed by atoms with Gasteiger partial charge in [-0.3, -0.25) is 9.69 Å². The molecule has 0 aromatic carbocycles. The average Bonchev–Trinajstić information content (AvgIpc) is 2.64. The summed E-state index contributed by atoms with van der Waals surface area (Å²) in [6.45, 7) is 2.33. The van der Waals surface area contributed by atoms with E-state index in [9.17, 15) is 4.79 Å². The van der Waals surface area contributed by atoms with E-state index in [1.54, 1.807) is 0 Å². The van der Waals surface area contributed by atoms with Crippen molar-refractivity contribution < 1.29 is 9.53 Å². The summed E-state index contributed by atoms with van der Waals surface area (Å²) in [6, 6.07) is 0.0526. The minimum absolute atomic E-state index is 0.0526. The number of hydrogen-bond acceptors (Lipinski definition) is 4. The van der Waals surface area contributed by atoms with Crippen LogP contribution < -0.4 is 5.73 Å². The van der Waals surface area contributed by atoms with E-state index in [0.717, 1.165) is 19.4 Å². The monoisotopic (exact) mass is 213 g/mol. The van der Waals surface area contributed by atoms with E-state index in [0.29, 0.717) is 13.2 Å². The first-order valence-electron chi connectivity index (χ1n) is 5.53. The third kappa shape index (κ3) is 2.00. The minimum Gasteiger partial charge on any atom is -0.369 e. The second-order valence-electron chi connectivity index (χ2n) is 4.31. The second kappa shape index (κ2) is 4.47. The molecule has 2 atom stereocenters. The molecule has 86 valence electrons. The van der Waals surface area contributed by atoms with Crippen molar-refractivity contribution in [2.75, 3.05) is 33.4 Å². The minimum atomic E-state index is 0.0526. The Morgan fingerprint density at radius 2 is 2.40 bits per heavy atom. The zero-order valence-corrected chi connectivity index (χ0v) is 9.19. The summed E-state index contributed by atoms with van der Waals surface area (Å²) in [7, 11) is 2.06. The largest absolute Gasteiger partial charge is 0.369 e. The summed E-state index contributed by atoms with van der Waals surface area (Å²) in [5.74, 6) is 0.0791. The van der Waals surface area contributed by atoms with Crippen molar-refractivity contribution in [1.29, 1.82) is 0 Å². The van der Waals surface area contributed by atoms with Crippen molar-refractivity contribution >= 4 is 5.91 Å². The molecule has 0 saturated carbocycles. The number of amides is 1. The first-order chi connectivity index (χ1) is 7.24. The van der Waals surface area contributed by atoms with Gasteiger partial charge in [0, 0.05) is 6.54 Å². The van der Waals surface area contributed by atoms with Crippen molar-refractivity contribution in [3.8, 4) is 0 Å². The number of carbonyl (C=O) groups excluding carboxylic acids is 1. The van der Waals surface area contributed by atoms with Crippen LogP contribution in [0.3, 0.4) is 0 Å². The maximum atomic E-state index is 11.8. The number of nitrogens with zero attached hydrogens (tertiary/aromatic N) is 2. The molecule has 2 rings (SSSR count). The maximum Gasteiger partial charge on any atom is 0.250 e. The fraction of sp³-hybridized carbons (Fsp3) is 0.900.